The molecule has 2 aromatic carbocycles. The topological polar surface area (TPSA) is 241 Å². The molecular weight excluding hydrogens is 632 g/mol. The molecule has 9 rings (SSSR count). The lowest BCUT2D eigenvalue weighted by Crippen LogP contribution is -2.61. The number of fused-ring (bicyclic) bond motifs is 3. The number of ketones is 3. The van der Waals surface area contributed by atoms with E-state index in [0.29, 0.717) is 0 Å². The normalized spacial score (nSPS) is 33.2. The first-order chi connectivity index (χ1) is 21.8. The first-order valence-corrected chi connectivity index (χ1v) is 14.5. The summed E-state index contributed by atoms with van der Waals surface area (Å²) in [6.07, 6.45) is -4.19. The van der Waals surface area contributed by atoms with Gasteiger partial charge in [-0.15, -0.1) is 0 Å². The molecule has 0 aromatic heterocycles. The molecule has 7 N–H and O–H groups in total. The van der Waals surface area contributed by atoms with Gasteiger partial charge in [-0.25, -0.2) is 4.79 Å². The van der Waals surface area contributed by atoms with Gasteiger partial charge in [0.2, 0.25) is 0 Å². The molecular formula is C31H23ClO14. The molecule has 2 unspecified atom stereocenters. The number of carbonyl (C=O) groups is 4. The fourth-order valence-electron chi connectivity index (χ4n) is 8.39. The molecule has 46 heavy (non-hydrogen) atoms. The molecule has 6 atom stereocenters. The zero-order valence-electron chi connectivity index (χ0n) is 23.6. The van der Waals surface area contributed by atoms with Crippen LogP contribution in [0, 0.1) is 5.41 Å². The van der Waals surface area contributed by atoms with E-state index >= 15 is 0 Å². The van der Waals surface area contributed by atoms with Crippen LogP contribution in [0.3, 0.4) is 0 Å². The number of ether oxygens (including phenoxy) is 3. The number of phenolic OH excluding ortho intramolecular Hbond substituents is 3. The molecule has 1 spiro atoms. The Kier molecular flexibility index (Phi) is 5.38. The number of rotatable bonds is 2. The molecule has 2 heterocycles. The summed E-state index contributed by atoms with van der Waals surface area (Å²) >= 11 is 6.92. The number of methoxy groups -OCH3 is 1. The average molecular weight is 655 g/mol. The number of phenols is 3. The van der Waals surface area contributed by atoms with Gasteiger partial charge >= 0.3 is 5.97 Å². The predicted octanol–water partition coefficient (Wildman–Crippen LogP) is 1.26. The first-order valence-electron chi connectivity index (χ1n) is 14.1. The summed E-state index contributed by atoms with van der Waals surface area (Å²) < 4.78 is 16.8. The van der Waals surface area contributed by atoms with Gasteiger partial charge in [-0.1, -0.05) is 11.6 Å². The van der Waals surface area contributed by atoms with Crippen molar-refractivity contribution in [3.8, 4) is 23.0 Å². The minimum absolute atomic E-state index is 0.132. The number of aromatic hydroxyl groups is 3. The van der Waals surface area contributed by atoms with Crippen molar-refractivity contribution in [2.24, 2.45) is 5.41 Å². The summed E-state index contributed by atoms with van der Waals surface area (Å²) in [5.74, 6) is -10.1. The van der Waals surface area contributed by atoms with Gasteiger partial charge in [-0.05, 0) is 30.5 Å². The largest absolute Gasteiger partial charge is 0.507 e. The maximum Gasteiger partial charge on any atom is 0.358 e. The van der Waals surface area contributed by atoms with Crippen molar-refractivity contribution in [1.29, 1.82) is 0 Å². The van der Waals surface area contributed by atoms with Gasteiger partial charge in [0.15, 0.2) is 23.1 Å². The number of epoxide rings is 1. The van der Waals surface area contributed by atoms with Gasteiger partial charge in [0.1, 0.15) is 52.1 Å². The van der Waals surface area contributed by atoms with E-state index in [0.717, 1.165) is 19.2 Å². The molecule has 2 aromatic rings. The van der Waals surface area contributed by atoms with Crippen LogP contribution in [0.5, 0.6) is 23.0 Å². The predicted molar refractivity (Wildman–Crippen MR) is 151 cm³/mol. The SMILES string of the molecule is COC(=O)[C@@]12Oc3c(Cl)c4c(c(O)c3C(O)=C1C(=O)CC[C@H]2O)[C@@H]1C(=O)C2=C(O)c3c(O)ccc(O)c3C(=O)[C@@]2(C4)C2OC21CO. The van der Waals surface area contributed by atoms with Crippen LogP contribution in [0.25, 0.3) is 11.5 Å². The van der Waals surface area contributed by atoms with Gasteiger partial charge in [-0.2, -0.15) is 0 Å². The van der Waals surface area contributed by atoms with E-state index in [1.165, 1.54) is 0 Å². The molecule has 0 amide bonds. The smallest absolute Gasteiger partial charge is 0.358 e. The van der Waals surface area contributed by atoms with E-state index in [9.17, 15) is 54.9 Å². The Morgan fingerprint density at radius 3 is 2.33 bits per heavy atom. The van der Waals surface area contributed by atoms with Gasteiger partial charge in [0.05, 0.1) is 52.3 Å². The Labute approximate surface area is 262 Å². The third-order valence-electron chi connectivity index (χ3n) is 10.4. The van der Waals surface area contributed by atoms with Crippen molar-refractivity contribution in [1.82, 2.24) is 0 Å². The standard InChI is InChI=1S/C31H23ClO14/c1-44-28(43)31-12(37)5-4-11(36)17(31)23(40)16-21(38)13-8(20(32)25(16)45-31)6-29-19(24(41)18(13)30(7-33)27(29)46-30)22(39)14-9(34)2-3-10(35)15(14)26(29)42/h2-3,12,18,27,33-35,37-40H,4-7H2,1H3/t12-,18-,27?,29+,30?,31+/m1/s1. The van der Waals surface area contributed by atoms with E-state index < -0.39 is 138 Å². The third-order valence-corrected chi connectivity index (χ3v) is 10.8. The van der Waals surface area contributed by atoms with Gasteiger partial charge < -0.3 is 50.0 Å². The van der Waals surface area contributed by atoms with Crippen LogP contribution in [0.15, 0.2) is 23.3 Å². The van der Waals surface area contributed by atoms with E-state index in [2.05, 4.69) is 0 Å². The molecule has 2 aliphatic heterocycles. The van der Waals surface area contributed by atoms with Crippen LogP contribution in [0.2, 0.25) is 5.02 Å². The van der Waals surface area contributed by atoms with Gasteiger partial charge in [0.25, 0.3) is 5.60 Å². The molecule has 7 aliphatic rings. The monoisotopic (exact) mass is 654 g/mol. The Balaban J connectivity index is 1.47. The fourth-order valence-corrected chi connectivity index (χ4v) is 8.69. The van der Waals surface area contributed by atoms with Gasteiger partial charge in [-0.3, -0.25) is 14.4 Å². The van der Waals surface area contributed by atoms with E-state index in [4.69, 9.17) is 25.8 Å². The first kappa shape index (κ1) is 28.8. The number of benzene rings is 2. The van der Waals surface area contributed by atoms with Crippen molar-refractivity contribution < 1.29 is 69.1 Å². The summed E-state index contributed by atoms with van der Waals surface area (Å²) in [4.78, 5) is 55.3. The van der Waals surface area contributed by atoms with Gasteiger partial charge in [0, 0.05) is 12.0 Å². The highest BCUT2D eigenvalue weighted by Gasteiger charge is 2.81. The van der Waals surface area contributed by atoms with Crippen molar-refractivity contribution in [2.45, 2.75) is 48.6 Å². The van der Waals surface area contributed by atoms with Crippen LogP contribution in [0.4, 0.5) is 0 Å². The number of hydrogen-bond donors (Lipinski definition) is 7. The quantitative estimate of drug-likeness (QED) is 0.137. The van der Waals surface area contributed by atoms with Crippen molar-refractivity contribution in [2.75, 3.05) is 13.7 Å². The number of esters is 1. The molecule has 238 valence electrons. The minimum Gasteiger partial charge on any atom is -0.507 e. The Hall–Kier alpha value is -4.63. The lowest BCUT2D eigenvalue weighted by molar-refractivity contribution is -0.169. The highest BCUT2D eigenvalue weighted by molar-refractivity contribution is 6.34. The molecule has 1 saturated heterocycles. The maximum atomic E-state index is 14.5. The Bertz CT molecular complexity index is 1990. The Morgan fingerprint density at radius 1 is 1.02 bits per heavy atom. The summed E-state index contributed by atoms with van der Waals surface area (Å²) in [6, 6.07) is 2.04. The van der Waals surface area contributed by atoms with Crippen LogP contribution in [-0.2, 0) is 30.3 Å². The number of Topliss-reactive ketones (excluding diaryl/α,β-unsaturated/α-hetero) is 3. The maximum absolute atomic E-state index is 14.5. The summed E-state index contributed by atoms with van der Waals surface area (Å²) in [5.41, 5.74) is -9.88. The second-order valence-electron chi connectivity index (χ2n) is 12.3. The number of aliphatic hydroxyl groups excluding tert-OH is 4. The Morgan fingerprint density at radius 2 is 1.67 bits per heavy atom. The molecule has 2 saturated carbocycles. The zero-order chi connectivity index (χ0) is 33.0. The van der Waals surface area contributed by atoms with E-state index in [1.54, 1.807) is 0 Å². The number of carbonyl (C=O) groups excluding carboxylic acids is 4. The lowest BCUT2D eigenvalue weighted by Gasteiger charge is -2.43. The van der Waals surface area contributed by atoms with E-state index in [-0.39, 0.29) is 24.0 Å². The summed E-state index contributed by atoms with van der Waals surface area (Å²) in [6.45, 7) is -0.858. The molecule has 5 aliphatic carbocycles. The number of halogens is 1. The number of hydrogen-bond acceptors (Lipinski definition) is 14. The van der Waals surface area contributed by atoms with Crippen LogP contribution in [-0.4, -0.2) is 96.2 Å². The lowest BCUT2D eigenvalue weighted by atomic mass is 9.56. The molecule has 2 bridgehead atoms. The average Bonchev–Trinajstić information content (AvgIpc) is 3.80. The van der Waals surface area contributed by atoms with Crippen molar-refractivity contribution in [3.05, 3.63) is 56.1 Å². The zero-order valence-corrected chi connectivity index (χ0v) is 24.3. The summed E-state index contributed by atoms with van der Waals surface area (Å²) in [5, 5.41) is 77.5. The molecule has 3 fully saturated rings. The third kappa shape index (κ3) is 2.82. The second-order valence-corrected chi connectivity index (χ2v) is 12.6. The number of aliphatic hydroxyl groups is 4. The van der Waals surface area contributed by atoms with Crippen LogP contribution >= 0.6 is 11.6 Å². The van der Waals surface area contributed by atoms with Crippen molar-refractivity contribution in [3.63, 3.8) is 0 Å². The van der Waals surface area contributed by atoms with E-state index in [1.807, 2.05) is 0 Å². The highest BCUT2D eigenvalue weighted by atomic mass is 35.5. The molecule has 14 nitrogen and oxygen atoms in total. The van der Waals surface area contributed by atoms with Crippen LogP contribution in [0.1, 0.15) is 51.4 Å². The second kappa shape index (κ2) is 8.59. The fraction of sp³-hybridized carbons (Fsp3) is 0.355. The summed E-state index contributed by atoms with van der Waals surface area (Å²) in [7, 11) is 0.968. The molecule has 0 radical (unpaired) electrons. The van der Waals surface area contributed by atoms with Crippen molar-refractivity contribution >= 4 is 46.4 Å². The molecule has 15 heteroatoms. The highest BCUT2D eigenvalue weighted by Crippen LogP contribution is 2.72. The van der Waals surface area contributed by atoms with Crippen LogP contribution < -0.4 is 4.74 Å². The minimum atomic E-state index is -2.59.